The molecule has 0 aromatic heterocycles. The van der Waals surface area contributed by atoms with Crippen LogP contribution in [0.25, 0.3) is 0 Å². The van der Waals surface area contributed by atoms with Crippen molar-refractivity contribution < 1.29 is 20.7 Å². The minimum absolute atomic E-state index is 0.326. The Labute approximate surface area is 87.2 Å². The Morgan fingerprint density at radius 3 is 2.36 bits per heavy atom. The van der Waals surface area contributed by atoms with Crippen LogP contribution in [0.15, 0.2) is 18.2 Å². The molecule has 0 N–H and O–H groups in total. The van der Waals surface area contributed by atoms with Crippen LogP contribution in [0.1, 0.15) is 5.56 Å². The van der Waals surface area contributed by atoms with Crippen molar-refractivity contribution in [3.63, 3.8) is 0 Å². The molecule has 0 heterocycles. The molecule has 0 nitrogen and oxygen atoms in total. The van der Waals surface area contributed by atoms with Crippen LogP contribution in [0.5, 0.6) is 0 Å². The first-order valence-electron chi connectivity index (χ1n) is 2.74. The summed E-state index contributed by atoms with van der Waals surface area (Å²) < 4.78 is 12.2. The standard InChI is InChI=1S/C7H5ClF.BrH.Zn/c1-5-2-3-6(9)4-7(5)8;;/h2-4H,1H2;1H;/q-1;;+2/p-1. The molecular weight excluding hydrogens is 284 g/mol. The van der Waals surface area contributed by atoms with Gasteiger partial charge in [-0.3, -0.25) is 0 Å². The van der Waals surface area contributed by atoms with Gasteiger partial charge >= 0.3 is 30.0 Å². The summed E-state index contributed by atoms with van der Waals surface area (Å²) in [5, 5.41) is 0.370. The van der Waals surface area contributed by atoms with E-state index in [1.54, 1.807) is 0 Å². The van der Waals surface area contributed by atoms with Gasteiger partial charge in [0.15, 0.2) is 0 Å². The monoisotopic (exact) mass is 286 g/mol. The summed E-state index contributed by atoms with van der Waals surface area (Å²) in [4.78, 5) is 0. The van der Waals surface area contributed by atoms with Gasteiger partial charge in [-0.25, -0.2) is 4.39 Å². The van der Waals surface area contributed by atoms with Gasteiger partial charge < -0.3 is 0 Å². The Kier molecular flexibility index (Phi) is 6.21. The summed E-state index contributed by atoms with van der Waals surface area (Å²) in [5.74, 6) is -0.326. The van der Waals surface area contributed by atoms with Crippen molar-refractivity contribution in [1.29, 1.82) is 0 Å². The number of hydrogen-bond acceptors (Lipinski definition) is 0. The predicted molar refractivity (Wildman–Crippen MR) is 44.8 cm³/mol. The van der Waals surface area contributed by atoms with Crippen LogP contribution < -0.4 is 0 Å². The molecule has 0 unspecified atom stereocenters. The summed E-state index contributed by atoms with van der Waals surface area (Å²) in [6.45, 7) is 3.56. The molecule has 1 rings (SSSR count). The van der Waals surface area contributed by atoms with E-state index in [9.17, 15) is 4.39 Å². The maximum atomic E-state index is 12.2. The van der Waals surface area contributed by atoms with Crippen LogP contribution in [-0.2, 0) is 16.3 Å². The first-order chi connectivity index (χ1) is 5.20. The Bertz CT molecular complexity index is 230. The van der Waals surface area contributed by atoms with E-state index < -0.39 is 0 Å². The van der Waals surface area contributed by atoms with Crippen LogP contribution >= 0.6 is 25.2 Å². The van der Waals surface area contributed by atoms with Gasteiger partial charge in [0.1, 0.15) is 5.82 Å². The maximum absolute atomic E-state index is 12.2. The second-order valence-corrected chi connectivity index (χ2v) is 2.14. The Balaban J connectivity index is 0.000000461. The fourth-order valence-electron chi connectivity index (χ4n) is 0.522. The van der Waals surface area contributed by atoms with Gasteiger partial charge in [0.25, 0.3) is 0 Å². The topological polar surface area (TPSA) is 0 Å². The molecule has 0 aliphatic heterocycles. The first-order valence-corrected chi connectivity index (χ1v) is 10.1. The Hall–Kier alpha value is 0.413. The van der Waals surface area contributed by atoms with E-state index in [2.05, 4.69) is 20.5 Å². The average Bonchev–Trinajstić information content (AvgIpc) is 2.02. The van der Waals surface area contributed by atoms with E-state index in [0.717, 1.165) is 0 Å². The Morgan fingerprint density at radius 2 is 2.00 bits per heavy atom. The summed E-state index contributed by atoms with van der Waals surface area (Å²) in [6.07, 6.45) is 0. The number of rotatable bonds is 0. The molecule has 1 aromatic carbocycles. The molecule has 0 amide bonds. The minimum atomic E-state index is -0.326. The summed E-state index contributed by atoms with van der Waals surface area (Å²) in [7, 11) is 0. The van der Waals surface area contributed by atoms with Gasteiger partial charge in [0, 0.05) is 0 Å². The van der Waals surface area contributed by atoms with Gasteiger partial charge in [-0.1, -0.05) is 17.2 Å². The quantitative estimate of drug-likeness (QED) is 0.506. The van der Waals surface area contributed by atoms with Crippen molar-refractivity contribution in [1.82, 2.24) is 0 Å². The van der Waals surface area contributed by atoms with Crippen molar-refractivity contribution in [3.05, 3.63) is 41.5 Å². The van der Waals surface area contributed by atoms with Crippen molar-refractivity contribution >= 4 is 25.2 Å². The predicted octanol–water partition coefficient (Wildman–Crippen LogP) is 3.50. The fourth-order valence-corrected chi connectivity index (χ4v) is 0.689. The molecule has 56 valence electrons. The van der Waals surface area contributed by atoms with Crippen LogP contribution in [0, 0.1) is 12.7 Å². The zero-order valence-corrected chi connectivity index (χ0v) is 11.1. The molecule has 0 aliphatic rings. The first kappa shape index (κ1) is 11.4. The number of benzene rings is 1. The van der Waals surface area contributed by atoms with E-state index in [1.807, 2.05) is 0 Å². The third-order valence-corrected chi connectivity index (χ3v) is 1.37. The van der Waals surface area contributed by atoms with E-state index in [4.69, 9.17) is 11.6 Å². The zero-order chi connectivity index (χ0) is 8.85. The van der Waals surface area contributed by atoms with Crippen molar-refractivity contribution in [3.8, 4) is 0 Å². The molecule has 4 heteroatoms. The van der Waals surface area contributed by atoms with Crippen LogP contribution in [0.3, 0.4) is 0 Å². The fraction of sp³-hybridized carbons (Fsp3) is 0. The summed E-state index contributed by atoms with van der Waals surface area (Å²) in [5.41, 5.74) is 0.651. The van der Waals surface area contributed by atoms with Crippen LogP contribution in [0.2, 0.25) is 5.02 Å². The van der Waals surface area contributed by atoms with Crippen LogP contribution in [0.4, 0.5) is 4.39 Å². The normalized spacial score (nSPS) is 8.45. The number of hydrogen-bond donors (Lipinski definition) is 0. The molecule has 0 saturated carbocycles. The summed E-state index contributed by atoms with van der Waals surface area (Å²) >= 11 is 9.76. The van der Waals surface area contributed by atoms with E-state index in [-0.39, 0.29) is 5.82 Å². The van der Waals surface area contributed by atoms with Crippen molar-refractivity contribution in [2.75, 3.05) is 0 Å². The van der Waals surface area contributed by atoms with Crippen molar-refractivity contribution in [2.45, 2.75) is 0 Å². The van der Waals surface area contributed by atoms with Gasteiger partial charge in [0.2, 0.25) is 0 Å². The average molecular weight is 289 g/mol. The third-order valence-electron chi connectivity index (χ3n) is 1.02. The van der Waals surface area contributed by atoms with Crippen molar-refractivity contribution in [2.24, 2.45) is 0 Å². The summed E-state index contributed by atoms with van der Waals surface area (Å²) in [6, 6.07) is 4.11. The van der Waals surface area contributed by atoms with E-state index in [0.29, 0.717) is 10.6 Å². The number of halogens is 3. The second kappa shape index (κ2) is 5.99. The molecule has 0 bridgehead atoms. The molecule has 11 heavy (non-hydrogen) atoms. The zero-order valence-electron chi connectivity index (χ0n) is 5.78. The molecule has 1 aromatic rings. The van der Waals surface area contributed by atoms with Gasteiger partial charge in [-0.05, 0) is 0 Å². The third kappa shape index (κ3) is 4.10. The van der Waals surface area contributed by atoms with Gasteiger partial charge in [-0.2, -0.15) is 30.2 Å². The van der Waals surface area contributed by atoms with E-state index >= 15 is 0 Å². The molecule has 0 radical (unpaired) electrons. The van der Waals surface area contributed by atoms with Gasteiger partial charge in [0.05, 0.1) is 0 Å². The molecule has 0 saturated heterocycles. The molecular formula is C7H5BrClFZn. The van der Waals surface area contributed by atoms with Crippen LogP contribution in [-0.4, -0.2) is 0 Å². The SMILES string of the molecule is [CH2-]c1ccc(F)cc1Cl.[Zn+][Br]. The second-order valence-electron chi connectivity index (χ2n) is 1.74. The van der Waals surface area contributed by atoms with Gasteiger partial charge in [-0.15, -0.1) is 0 Å². The molecule has 0 spiro atoms. The molecule has 0 aliphatic carbocycles. The molecule has 0 fully saturated rings. The Morgan fingerprint density at radius 1 is 1.45 bits per heavy atom. The van der Waals surface area contributed by atoms with E-state index in [1.165, 1.54) is 34.5 Å². The molecule has 0 atom stereocenters.